The number of nitro groups is 4. The average molecular weight is 694 g/mol. The van der Waals surface area contributed by atoms with Crippen LogP contribution >= 0.6 is 0 Å². The van der Waals surface area contributed by atoms with Crippen LogP contribution in [0.4, 0.5) is 22.7 Å². The molecule has 0 fully saturated rings. The largest absolute Gasteiger partial charge is 1.00 e. The number of H-pyrrole nitrogens is 4. The first-order valence-corrected chi connectivity index (χ1v) is 14.8. The van der Waals surface area contributed by atoms with Gasteiger partial charge >= 0.3 is 51.4 Å². The summed E-state index contributed by atoms with van der Waals surface area (Å²) in [5, 5.41) is 48.8. The summed E-state index contributed by atoms with van der Waals surface area (Å²) in [6, 6.07) is 24.7. The van der Waals surface area contributed by atoms with Crippen LogP contribution in [-0.2, 0) is 0 Å². The van der Waals surface area contributed by atoms with Crippen molar-refractivity contribution in [2.75, 3.05) is 0 Å². The maximum absolute atomic E-state index is 11.7. The van der Waals surface area contributed by atoms with E-state index in [0.29, 0.717) is 66.0 Å². The second kappa shape index (κ2) is 12.0. The number of benzene rings is 4. The molecule has 0 saturated carbocycles. The summed E-state index contributed by atoms with van der Waals surface area (Å²) in [6.45, 7) is 0. The number of aromatic nitrogens is 4. The topological polar surface area (TPSA) is 236 Å². The molecule has 240 valence electrons. The summed E-state index contributed by atoms with van der Waals surface area (Å²) < 4.78 is 0. The SMILES string of the molecule is O=[N+]([O-])c1ccc2[nH]c([B-](c3cc4cc([N+](=O)[O-])ccc4[nH]3)(c3cc4cc([N+](=O)[O-])ccc4[nH]3)c3cc4cc([N+](=O)[O-])ccc4[nH]3)cc2c1.[K+]. The molecule has 0 radical (unpaired) electrons. The monoisotopic (exact) mass is 694 g/mol. The van der Waals surface area contributed by atoms with E-state index < -0.39 is 25.8 Å². The van der Waals surface area contributed by atoms with Crippen molar-refractivity contribution < 1.29 is 71.1 Å². The number of aromatic amines is 4. The van der Waals surface area contributed by atoms with Crippen molar-refractivity contribution in [3.05, 3.63) is 138 Å². The minimum Gasteiger partial charge on any atom is -0.395 e. The molecule has 16 nitrogen and oxygen atoms in total. The van der Waals surface area contributed by atoms with Crippen molar-refractivity contribution in [2.45, 2.75) is 0 Å². The third-order valence-electron chi connectivity index (χ3n) is 9.21. The standard InChI is InChI=1S/C32H20BN8O8.K/c42-38(43)21-1-5-25-17(9-21)13-29(34-25)33(30-14-18-10-22(39(44)45)2-6-26(18)35-30,31-15-19-11-23(40(46)47)3-7-27(19)36-31)32-16-20-12-24(41(48)49)4-8-28(20)37-32;/h1-16,34-37H;/q-1;+1. The minimum absolute atomic E-state index is 0. The molecule has 0 aliphatic carbocycles. The number of hydrogen-bond acceptors (Lipinski definition) is 8. The zero-order valence-corrected chi connectivity index (χ0v) is 29.0. The predicted molar refractivity (Wildman–Crippen MR) is 184 cm³/mol. The van der Waals surface area contributed by atoms with Gasteiger partial charge in [0.1, 0.15) is 0 Å². The summed E-state index contributed by atoms with van der Waals surface area (Å²) in [5.41, 5.74) is 4.06. The van der Waals surface area contributed by atoms with Gasteiger partial charge in [-0.3, -0.25) is 40.5 Å². The molecule has 0 amide bonds. The molecule has 0 saturated heterocycles. The van der Waals surface area contributed by atoms with Crippen molar-refractivity contribution in [2.24, 2.45) is 0 Å². The molecule has 4 aromatic carbocycles. The van der Waals surface area contributed by atoms with Crippen LogP contribution < -0.4 is 73.8 Å². The molecule has 0 atom stereocenters. The zero-order chi connectivity index (χ0) is 34.2. The van der Waals surface area contributed by atoms with Gasteiger partial charge in [0, 0.05) is 92.1 Å². The third-order valence-corrected chi connectivity index (χ3v) is 9.21. The van der Waals surface area contributed by atoms with E-state index in [4.69, 9.17) is 0 Å². The molecule has 0 unspecified atom stereocenters. The summed E-state index contributed by atoms with van der Waals surface area (Å²) in [4.78, 5) is 58.5. The first-order chi connectivity index (χ1) is 23.5. The van der Waals surface area contributed by atoms with Crippen LogP contribution in [0, 0.1) is 40.5 Å². The molecule has 4 N–H and O–H groups in total. The molecule has 0 spiro atoms. The molecule has 4 aromatic heterocycles. The van der Waals surface area contributed by atoms with Gasteiger partial charge in [0.05, 0.1) is 19.7 Å². The number of hydrogen-bond donors (Lipinski definition) is 4. The molecular formula is C32H20BKN8O8. The number of nitro benzene ring substituents is 4. The minimum atomic E-state index is -2.45. The Bertz CT molecular complexity index is 2360. The number of nitrogens with one attached hydrogen (secondary N) is 4. The quantitative estimate of drug-likeness (QED) is 0.103. The molecule has 50 heavy (non-hydrogen) atoms. The number of fused-ring (bicyclic) bond motifs is 4. The van der Waals surface area contributed by atoms with Crippen molar-refractivity contribution in [3.63, 3.8) is 0 Å². The molecule has 18 heteroatoms. The van der Waals surface area contributed by atoms with E-state index in [1.807, 2.05) is 0 Å². The molecule has 0 aliphatic rings. The first kappa shape index (κ1) is 32.9. The average Bonchev–Trinajstić information content (AvgIpc) is 3.88. The summed E-state index contributed by atoms with van der Waals surface area (Å²) in [6.07, 6.45) is -2.45. The predicted octanol–water partition coefficient (Wildman–Crippen LogP) is 1.63. The van der Waals surface area contributed by atoms with Gasteiger partial charge in [-0.1, -0.05) is 24.3 Å². The summed E-state index contributed by atoms with van der Waals surface area (Å²) >= 11 is 0. The number of non-ortho nitro benzene ring substituents is 4. The fraction of sp³-hybridized carbons (Fsp3) is 0. The van der Waals surface area contributed by atoms with Crippen LogP contribution in [0.3, 0.4) is 0 Å². The van der Waals surface area contributed by atoms with Gasteiger partial charge < -0.3 is 19.9 Å². The van der Waals surface area contributed by atoms with Crippen molar-refractivity contribution >= 4 is 94.9 Å². The Morgan fingerprint density at radius 2 is 0.600 bits per heavy atom. The van der Waals surface area contributed by atoms with Crippen LogP contribution in [-0.4, -0.2) is 45.8 Å². The molecule has 8 rings (SSSR count). The number of rotatable bonds is 8. The van der Waals surface area contributed by atoms with E-state index >= 15 is 0 Å². The fourth-order valence-electron chi connectivity index (χ4n) is 6.96. The Kier molecular flexibility index (Phi) is 7.91. The molecular weight excluding hydrogens is 674 g/mol. The van der Waals surface area contributed by atoms with Gasteiger partial charge in [-0.2, -0.15) is 0 Å². The Morgan fingerprint density at radius 3 is 0.800 bits per heavy atom. The van der Waals surface area contributed by atoms with Gasteiger partial charge in [-0.15, -0.1) is 22.4 Å². The molecule has 4 heterocycles. The van der Waals surface area contributed by atoms with Crippen molar-refractivity contribution in [3.8, 4) is 0 Å². The van der Waals surface area contributed by atoms with E-state index in [2.05, 4.69) is 19.9 Å². The number of nitrogens with zero attached hydrogens (tertiary/aromatic N) is 4. The summed E-state index contributed by atoms with van der Waals surface area (Å²) in [5.74, 6) is 0. The molecule has 8 aromatic rings. The normalized spacial score (nSPS) is 11.7. The van der Waals surface area contributed by atoms with Gasteiger partial charge in [0.2, 0.25) is 0 Å². The maximum Gasteiger partial charge on any atom is 1.00 e. The Hall–Kier alpha value is -5.66. The van der Waals surface area contributed by atoms with Crippen LogP contribution in [0.15, 0.2) is 97.1 Å². The van der Waals surface area contributed by atoms with E-state index in [1.54, 1.807) is 48.5 Å². The van der Waals surface area contributed by atoms with E-state index in [-0.39, 0.29) is 74.1 Å². The van der Waals surface area contributed by atoms with Gasteiger partial charge in [0.15, 0.2) is 6.15 Å². The second-order valence-electron chi connectivity index (χ2n) is 11.9. The zero-order valence-electron chi connectivity index (χ0n) is 25.9. The van der Waals surface area contributed by atoms with Crippen molar-refractivity contribution in [1.29, 1.82) is 0 Å². The van der Waals surface area contributed by atoms with Crippen LogP contribution in [0.5, 0.6) is 0 Å². The van der Waals surface area contributed by atoms with E-state index in [1.165, 1.54) is 48.5 Å². The van der Waals surface area contributed by atoms with E-state index in [0.717, 1.165) is 0 Å². The Balaban J connectivity index is 0.00000392. The van der Waals surface area contributed by atoms with Crippen LogP contribution in [0.1, 0.15) is 0 Å². The van der Waals surface area contributed by atoms with E-state index in [9.17, 15) is 40.5 Å². The Labute approximate surface area is 320 Å². The first-order valence-electron chi connectivity index (χ1n) is 14.8. The second-order valence-corrected chi connectivity index (χ2v) is 11.9. The smallest absolute Gasteiger partial charge is 0.395 e. The third kappa shape index (κ3) is 5.17. The molecule has 0 bridgehead atoms. The summed E-state index contributed by atoms with van der Waals surface area (Å²) in [7, 11) is 0. The molecule has 0 aliphatic heterocycles. The van der Waals surface area contributed by atoms with Crippen LogP contribution in [0.25, 0.3) is 43.6 Å². The van der Waals surface area contributed by atoms with Crippen molar-refractivity contribution in [1.82, 2.24) is 19.9 Å². The fourth-order valence-corrected chi connectivity index (χ4v) is 6.96. The maximum atomic E-state index is 11.7. The van der Waals surface area contributed by atoms with Gasteiger partial charge in [-0.25, -0.2) is 0 Å². The Morgan fingerprint density at radius 1 is 0.380 bits per heavy atom. The van der Waals surface area contributed by atoms with Gasteiger partial charge in [0.25, 0.3) is 22.7 Å². The van der Waals surface area contributed by atoms with Gasteiger partial charge in [-0.05, 0) is 24.3 Å². The van der Waals surface area contributed by atoms with Crippen LogP contribution in [0.2, 0.25) is 0 Å².